The fraction of sp³-hybridized carbons (Fsp3) is 0.963. The Balaban J connectivity index is 1.49. The molecule has 0 aromatic carbocycles. The predicted molar refractivity (Wildman–Crippen MR) is 130 cm³/mol. The summed E-state index contributed by atoms with van der Waals surface area (Å²) in [5.74, 6) is -1.18. The van der Waals surface area contributed by atoms with E-state index in [0.29, 0.717) is 25.7 Å². The molecule has 38 heavy (non-hydrogen) atoms. The molecule has 5 rings (SSSR count). The molecule has 0 aromatic rings. The van der Waals surface area contributed by atoms with Crippen LogP contribution >= 0.6 is 0 Å². The van der Waals surface area contributed by atoms with E-state index in [4.69, 9.17) is 14.2 Å². The molecule has 1 saturated heterocycles. The SMILES string of the molecule is COC(=O)[C@]1(C)CCC[C@@]2(C)[C@@H]3CC[C@@H]4C[C@]3(C[C@@]4(CO)O[C@@H]3O[C@H](CO)[C@@H](O)[C@H](O)[C@H]3O)[C@@H](O)[C@@H](O)[C@@H]21. The summed E-state index contributed by atoms with van der Waals surface area (Å²) in [5.41, 5.74) is -3.47. The lowest BCUT2D eigenvalue weighted by Crippen LogP contribution is -2.69. The molecule has 7 N–H and O–H groups in total. The van der Waals surface area contributed by atoms with Crippen molar-refractivity contribution in [1.29, 1.82) is 0 Å². The number of aliphatic hydroxyl groups excluding tert-OH is 7. The third-order valence-corrected chi connectivity index (χ3v) is 11.5. The summed E-state index contributed by atoms with van der Waals surface area (Å²) in [6, 6.07) is 0. The summed E-state index contributed by atoms with van der Waals surface area (Å²) in [7, 11) is 1.35. The highest BCUT2D eigenvalue weighted by atomic mass is 16.7. The van der Waals surface area contributed by atoms with E-state index in [-0.39, 0.29) is 24.2 Å². The minimum atomic E-state index is -1.62. The van der Waals surface area contributed by atoms with Crippen LogP contribution in [0.2, 0.25) is 0 Å². The molecule has 11 heteroatoms. The molecular weight excluding hydrogens is 500 g/mol. The standard InChI is InChI=1S/C27H44O11/c1-24-7-4-8-25(2,23(35)36-3)20(24)19(33)21(34)26-9-13(5-6-15(24)26)27(11-26,12-29)38-22-18(32)17(31)16(30)14(10-28)37-22/h13-22,28-34H,4-12H2,1-3H3/t13-,14-,15+,16-,17+,18-,19+,20+,21+,22+,24+,25-,26-,27+/m1/s1. The van der Waals surface area contributed by atoms with Gasteiger partial charge in [0.1, 0.15) is 24.4 Å². The first-order valence-electron chi connectivity index (χ1n) is 13.9. The lowest BCUT2D eigenvalue weighted by Gasteiger charge is -2.66. The molecule has 4 aliphatic carbocycles. The van der Waals surface area contributed by atoms with Crippen molar-refractivity contribution in [3.63, 3.8) is 0 Å². The van der Waals surface area contributed by atoms with Crippen LogP contribution in [0.1, 0.15) is 58.8 Å². The first kappa shape index (κ1) is 28.6. The number of fused-ring (bicyclic) bond motifs is 3. The molecule has 0 amide bonds. The lowest BCUT2D eigenvalue weighted by atomic mass is 9.39. The average molecular weight is 545 g/mol. The highest BCUT2D eigenvalue weighted by molar-refractivity contribution is 5.77. The first-order chi connectivity index (χ1) is 17.8. The van der Waals surface area contributed by atoms with E-state index in [1.54, 1.807) is 0 Å². The fourth-order valence-corrected chi connectivity index (χ4v) is 9.90. The maximum Gasteiger partial charge on any atom is 0.311 e. The molecule has 4 saturated carbocycles. The van der Waals surface area contributed by atoms with Gasteiger partial charge in [-0.3, -0.25) is 4.79 Å². The monoisotopic (exact) mass is 544 g/mol. The number of esters is 1. The molecule has 1 aliphatic heterocycles. The van der Waals surface area contributed by atoms with Gasteiger partial charge in [-0.05, 0) is 62.7 Å². The summed E-state index contributed by atoms with van der Waals surface area (Å²) in [6.45, 7) is 2.90. The van der Waals surface area contributed by atoms with E-state index in [9.17, 15) is 40.5 Å². The van der Waals surface area contributed by atoms with Crippen LogP contribution in [0.25, 0.3) is 0 Å². The quantitative estimate of drug-likeness (QED) is 0.212. The van der Waals surface area contributed by atoms with Crippen molar-refractivity contribution in [2.45, 2.75) is 107 Å². The Labute approximate surface area is 222 Å². The Morgan fingerprint density at radius 3 is 2.32 bits per heavy atom. The van der Waals surface area contributed by atoms with E-state index >= 15 is 0 Å². The van der Waals surface area contributed by atoms with Crippen LogP contribution in [0.4, 0.5) is 0 Å². The van der Waals surface area contributed by atoms with Crippen LogP contribution in [0, 0.1) is 34.0 Å². The van der Waals surface area contributed by atoms with Gasteiger partial charge < -0.3 is 50.0 Å². The van der Waals surface area contributed by atoms with Crippen molar-refractivity contribution in [2.75, 3.05) is 20.3 Å². The lowest BCUT2D eigenvalue weighted by molar-refractivity contribution is -0.335. The summed E-state index contributed by atoms with van der Waals surface area (Å²) in [5, 5.41) is 74.9. The van der Waals surface area contributed by atoms with Gasteiger partial charge in [-0.15, -0.1) is 0 Å². The smallest absolute Gasteiger partial charge is 0.311 e. The van der Waals surface area contributed by atoms with Crippen LogP contribution in [0.3, 0.4) is 0 Å². The Hall–Kier alpha value is -0.890. The second-order valence-electron chi connectivity index (χ2n) is 13.2. The molecule has 0 aromatic heterocycles. The maximum absolute atomic E-state index is 13.0. The maximum atomic E-state index is 13.0. The molecule has 1 heterocycles. The van der Waals surface area contributed by atoms with Crippen molar-refractivity contribution in [3.05, 3.63) is 0 Å². The van der Waals surface area contributed by atoms with Crippen molar-refractivity contribution >= 4 is 5.97 Å². The summed E-state index contributed by atoms with van der Waals surface area (Å²) >= 11 is 0. The van der Waals surface area contributed by atoms with Crippen molar-refractivity contribution < 1.29 is 54.8 Å². The minimum Gasteiger partial charge on any atom is -0.469 e. The van der Waals surface area contributed by atoms with Gasteiger partial charge >= 0.3 is 5.97 Å². The average Bonchev–Trinajstić information content (AvgIpc) is 3.14. The van der Waals surface area contributed by atoms with Crippen LogP contribution in [-0.2, 0) is 19.0 Å². The highest BCUT2D eigenvalue weighted by Gasteiger charge is 2.74. The van der Waals surface area contributed by atoms with Crippen molar-refractivity contribution in [1.82, 2.24) is 0 Å². The number of carbonyl (C=O) groups excluding carboxylic acids is 1. The molecular formula is C27H44O11. The number of ether oxygens (including phenoxy) is 3. The van der Waals surface area contributed by atoms with Crippen LogP contribution in [0.15, 0.2) is 0 Å². The van der Waals surface area contributed by atoms with Gasteiger partial charge in [0.25, 0.3) is 0 Å². The normalized spacial score (nSPS) is 56.2. The second kappa shape index (κ2) is 9.60. The number of aliphatic hydroxyl groups is 7. The van der Waals surface area contributed by atoms with Gasteiger partial charge in [-0.2, -0.15) is 0 Å². The highest BCUT2D eigenvalue weighted by Crippen LogP contribution is 2.73. The van der Waals surface area contributed by atoms with Gasteiger partial charge in [0.05, 0.1) is 43.5 Å². The Morgan fingerprint density at radius 2 is 1.68 bits per heavy atom. The van der Waals surface area contributed by atoms with E-state index in [2.05, 4.69) is 6.92 Å². The number of rotatable bonds is 5. The van der Waals surface area contributed by atoms with Gasteiger partial charge in [0.15, 0.2) is 6.29 Å². The van der Waals surface area contributed by atoms with E-state index < -0.39 is 83.9 Å². The molecule has 2 bridgehead atoms. The molecule has 1 spiro atoms. The van der Waals surface area contributed by atoms with Gasteiger partial charge in [-0.25, -0.2) is 0 Å². The summed E-state index contributed by atoms with van der Waals surface area (Å²) in [4.78, 5) is 13.0. The zero-order chi connectivity index (χ0) is 27.8. The topological polar surface area (TPSA) is 186 Å². The molecule has 218 valence electrons. The number of hydrogen-bond donors (Lipinski definition) is 7. The second-order valence-corrected chi connectivity index (χ2v) is 13.2. The molecule has 5 fully saturated rings. The van der Waals surface area contributed by atoms with E-state index in [0.717, 1.165) is 12.8 Å². The number of methoxy groups -OCH3 is 1. The predicted octanol–water partition coefficient (Wildman–Crippen LogP) is -0.938. The van der Waals surface area contributed by atoms with E-state index in [1.165, 1.54) is 7.11 Å². The van der Waals surface area contributed by atoms with Crippen molar-refractivity contribution in [2.24, 2.45) is 34.0 Å². The Kier molecular flexibility index (Phi) is 7.23. The number of carbonyl (C=O) groups is 1. The molecule has 11 nitrogen and oxygen atoms in total. The van der Waals surface area contributed by atoms with Crippen LogP contribution in [-0.4, -0.2) is 111 Å². The first-order valence-corrected chi connectivity index (χ1v) is 13.9. The number of hydrogen-bond acceptors (Lipinski definition) is 11. The molecule has 14 atom stereocenters. The molecule has 0 unspecified atom stereocenters. The summed E-state index contributed by atoms with van der Waals surface area (Å²) in [6.07, 6.45) is -5.55. The van der Waals surface area contributed by atoms with E-state index in [1.807, 2.05) is 6.92 Å². The van der Waals surface area contributed by atoms with Crippen LogP contribution < -0.4 is 0 Å². The van der Waals surface area contributed by atoms with Crippen molar-refractivity contribution in [3.8, 4) is 0 Å². The third-order valence-electron chi connectivity index (χ3n) is 11.5. The zero-order valence-corrected chi connectivity index (χ0v) is 22.4. The largest absolute Gasteiger partial charge is 0.469 e. The molecule has 5 aliphatic rings. The Morgan fingerprint density at radius 1 is 0.974 bits per heavy atom. The fourth-order valence-electron chi connectivity index (χ4n) is 9.90. The van der Waals surface area contributed by atoms with Crippen LogP contribution in [0.5, 0.6) is 0 Å². The van der Waals surface area contributed by atoms with Gasteiger partial charge in [0.2, 0.25) is 0 Å². The third kappa shape index (κ3) is 3.70. The van der Waals surface area contributed by atoms with Gasteiger partial charge in [-0.1, -0.05) is 13.3 Å². The van der Waals surface area contributed by atoms with Gasteiger partial charge in [0, 0.05) is 11.3 Å². The Bertz CT molecular complexity index is 915. The zero-order valence-electron chi connectivity index (χ0n) is 22.4. The molecule has 0 radical (unpaired) electrons. The summed E-state index contributed by atoms with van der Waals surface area (Å²) < 4.78 is 17.1. The minimum absolute atomic E-state index is 0.0641.